The van der Waals surface area contributed by atoms with Gasteiger partial charge in [-0.15, -0.1) is 0 Å². The first-order valence-corrected chi connectivity index (χ1v) is 12.9. The minimum Gasteiger partial charge on any atom is -0.497 e. The van der Waals surface area contributed by atoms with Crippen molar-refractivity contribution in [1.29, 1.82) is 0 Å². The van der Waals surface area contributed by atoms with Gasteiger partial charge in [-0.2, -0.15) is 13.2 Å². The Morgan fingerprint density at radius 3 is 2.58 bits per heavy atom. The number of benzene rings is 1. The van der Waals surface area contributed by atoms with Gasteiger partial charge in [-0.3, -0.25) is 18.9 Å². The van der Waals surface area contributed by atoms with Crippen molar-refractivity contribution < 1.29 is 27.1 Å². The first kappa shape index (κ1) is 27.6. The molecule has 0 unspecified atom stereocenters. The molecule has 3 heterocycles. The lowest BCUT2D eigenvalue weighted by molar-refractivity contribution is -0.141. The van der Waals surface area contributed by atoms with E-state index in [0.717, 1.165) is 12.3 Å². The van der Waals surface area contributed by atoms with Gasteiger partial charge in [0.2, 0.25) is 0 Å². The van der Waals surface area contributed by atoms with Crippen LogP contribution in [-0.2, 0) is 12.7 Å². The number of rotatable bonds is 6. The number of methoxy groups -OCH3 is 1. The molecular formula is C27H24ClF4N5O3. The number of pyridine rings is 2. The normalized spacial score (nSPS) is 17.6. The molecule has 40 heavy (non-hydrogen) atoms. The number of alkyl halides is 3. The summed E-state index contributed by atoms with van der Waals surface area (Å²) < 4.78 is 62.9. The van der Waals surface area contributed by atoms with Crippen LogP contribution in [0.15, 0.2) is 53.7 Å². The van der Waals surface area contributed by atoms with Gasteiger partial charge >= 0.3 is 11.9 Å². The molecule has 0 spiro atoms. The van der Waals surface area contributed by atoms with Crippen LogP contribution in [0.25, 0.3) is 16.7 Å². The van der Waals surface area contributed by atoms with E-state index < -0.39 is 34.8 Å². The highest BCUT2D eigenvalue weighted by Crippen LogP contribution is 2.32. The van der Waals surface area contributed by atoms with Crippen molar-refractivity contribution in [3.8, 4) is 11.4 Å². The SMILES string of the molecule is COc1ccc(F)c(-n2c(=O)n(CC3CCC(NC(=O)c4cc(Cl)cnc4C(F)(F)F)CC3)c3ccncc32)c1. The van der Waals surface area contributed by atoms with Gasteiger partial charge in [-0.1, -0.05) is 11.6 Å². The van der Waals surface area contributed by atoms with Gasteiger partial charge in [-0.25, -0.2) is 14.2 Å². The molecular weight excluding hydrogens is 554 g/mol. The molecule has 8 nitrogen and oxygen atoms in total. The summed E-state index contributed by atoms with van der Waals surface area (Å²) in [5.74, 6) is -1.04. The molecule has 13 heteroatoms. The van der Waals surface area contributed by atoms with E-state index >= 15 is 0 Å². The third-order valence-corrected chi connectivity index (χ3v) is 7.32. The second-order valence-electron chi connectivity index (χ2n) is 9.65. The van der Waals surface area contributed by atoms with E-state index in [1.54, 1.807) is 16.8 Å². The quantitative estimate of drug-likeness (QED) is 0.310. The molecule has 0 aliphatic heterocycles. The molecule has 5 rings (SSSR count). The number of hydrogen-bond acceptors (Lipinski definition) is 5. The zero-order valence-corrected chi connectivity index (χ0v) is 22.0. The first-order chi connectivity index (χ1) is 19.1. The Balaban J connectivity index is 1.33. The summed E-state index contributed by atoms with van der Waals surface area (Å²) >= 11 is 5.80. The van der Waals surface area contributed by atoms with Crippen LogP contribution < -0.4 is 15.7 Å². The summed E-state index contributed by atoms with van der Waals surface area (Å²) in [5, 5.41) is 2.60. The average Bonchev–Trinajstić information content (AvgIpc) is 3.20. The predicted octanol–water partition coefficient (Wildman–Crippen LogP) is 5.39. The van der Waals surface area contributed by atoms with E-state index in [-0.39, 0.29) is 22.7 Å². The van der Waals surface area contributed by atoms with E-state index in [9.17, 15) is 27.2 Å². The van der Waals surface area contributed by atoms with Crippen LogP contribution in [0.5, 0.6) is 5.75 Å². The maximum absolute atomic E-state index is 14.8. The Bertz CT molecular complexity index is 1630. The van der Waals surface area contributed by atoms with Gasteiger partial charge in [0.05, 0.1) is 40.6 Å². The number of aromatic nitrogens is 4. The number of carbonyl (C=O) groups excluding carboxylic acids is 1. The number of halogens is 5. The highest BCUT2D eigenvalue weighted by atomic mass is 35.5. The fourth-order valence-corrected chi connectivity index (χ4v) is 5.31. The summed E-state index contributed by atoms with van der Waals surface area (Å²) in [7, 11) is 1.45. The molecule has 0 radical (unpaired) electrons. The number of ether oxygens (including phenoxy) is 1. The van der Waals surface area contributed by atoms with E-state index in [2.05, 4.69) is 15.3 Å². The van der Waals surface area contributed by atoms with Gasteiger partial charge in [0.1, 0.15) is 11.6 Å². The summed E-state index contributed by atoms with van der Waals surface area (Å²) in [6.07, 6.45) is 1.34. The van der Waals surface area contributed by atoms with Crippen molar-refractivity contribution in [2.75, 3.05) is 7.11 Å². The molecule has 4 aromatic rings. The molecule has 1 aromatic carbocycles. The van der Waals surface area contributed by atoms with Gasteiger partial charge < -0.3 is 10.1 Å². The number of imidazole rings is 1. The number of carbonyl (C=O) groups is 1. The molecule has 1 saturated carbocycles. The second kappa shape index (κ2) is 10.9. The van der Waals surface area contributed by atoms with Crippen molar-refractivity contribution in [2.45, 2.75) is 44.4 Å². The average molecular weight is 578 g/mol. The maximum atomic E-state index is 14.8. The van der Waals surface area contributed by atoms with E-state index in [4.69, 9.17) is 16.3 Å². The van der Waals surface area contributed by atoms with Crippen LogP contribution in [0.4, 0.5) is 17.6 Å². The Kier molecular flexibility index (Phi) is 7.54. The fraction of sp³-hybridized carbons (Fsp3) is 0.333. The maximum Gasteiger partial charge on any atom is 0.434 e. The molecule has 1 amide bonds. The van der Waals surface area contributed by atoms with Gasteiger partial charge in [0.25, 0.3) is 5.91 Å². The lowest BCUT2D eigenvalue weighted by atomic mass is 9.85. The standard InChI is InChI=1S/C27H24ClF4N5O3/c1-40-18-6-7-20(29)22(11-18)37-23-13-33-9-8-21(23)36(26(37)39)14-15-2-4-17(5-3-15)35-25(38)19-10-16(28)12-34-24(19)27(30,31)32/h6-13,15,17H,2-5,14H2,1H3,(H,35,38). The topological polar surface area (TPSA) is 91.0 Å². The summed E-state index contributed by atoms with van der Waals surface area (Å²) in [4.78, 5) is 33.7. The molecule has 3 aromatic heterocycles. The number of nitrogens with one attached hydrogen (secondary N) is 1. The number of nitrogens with zero attached hydrogens (tertiary/aromatic N) is 4. The van der Waals surface area contributed by atoms with Gasteiger partial charge in [0.15, 0.2) is 5.69 Å². The zero-order valence-electron chi connectivity index (χ0n) is 21.2. The zero-order chi connectivity index (χ0) is 28.6. The monoisotopic (exact) mass is 577 g/mol. The Labute approximate surface area is 230 Å². The Morgan fingerprint density at radius 1 is 1.12 bits per heavy atom. The molecule has 1 fully saturated rings. The minimum atomic E-state index is -4.80. The predicted molar refractivity (Wildman–Crippen MR) is 139 cm³/mol. The highest BCUT2D eigenvalue weighted by molar-refractivity contribution is 6.30. The van der Waals surface area contributed by atoms with Gasteiger partial charge in [0, 0.05) is 31.0 Å². The van der Waals surface area contributed by atoms with Crippen molar-refractivity contribution in [3.05, 3.63) is 81.5 Å². The second-order valence-corrected chi connectivity index (χ2v) is 10.1. The smallest absolute Gasteiger partial charge is 0.434 e. The van der Waals surface area contributed by atoms with Gasteiger partial charge in [-0.05, 0) is 55.9 Å². The van der Waals surface area contributed by atoms with E-state index in [1.807, 2.05) is 0 Å². The van der Waals surface area contributed by atoms with Crippen molar-refractivity contribution in [3.63, 3.8) is 0 Å². The minimum absolute atomic E-state index is 0.0428. The molecule has 210 valence electrons. The summed E-state index contributed by atoms with van der Waals surface area (Å²) in [5.41, 5.74) is -1.28. The Hall–Kier alpha value is -3.93. The van der Waals surface area contributed by atoms with Crippen LogP contribution in [0, 0.1) is 11.7 Å². The molecule has 1 aliphatic carbocycles. The highest BCUT2D eigenvalue weighted by Gasteiger charge is 2.38. The molecule has 0 atom stereocenters. The largest absolute Gasteiger partial charge is 0.497 e. The number of hydrogen-bond donors (Lipinski definition) is 1. The number of fused-ring (bicyclic) bond motifs is 1. The number of amides is 1. The van der Waals surface area contributed by atoms with E-state index in [0.29, 0.717) is 49.0 Å². The molecule has 0 bridgehead atoms. The van der Waals surface area contributed by atoms with E-state index in [1.165, 1.54) is 36.1 Å². The van der Waals surface area contributed by atoms with Crippen LogP contribution in [0.2, 0.25) is 5.02 Å². The van der Waals surface area contributed by atoms with Crippen LogP contribution in [0.1, 0.15) is 41.7 Å². The van der Waals surface area contributed by atoms with Crippen LogP contribution >= 0.6 is 11.6 Å². The first-order valence-electron chi connectivity index (χ1n) is 12.5. The lowest BCUT2D eigenvalue weighted by Gasteiger charge is -2.29. The van der Waals surface area contributed by atoms with Crippen molar-refractivity contribution in [1.82, 2.24) is 24.4 Å². The summed E-state index contributed by atoms with van der Waals surface area (Å²) in [6, 6.07) is 6.44. The van der Waals surface area contributed by atoms with Crippen LogP contribution in [-0.4, -0.2) is 38.2 Å². The Morgan fingerprint density at radius 2 is 1.88 bits per heavy atom. The van der Waals surface area contributed by atoms with Crippen molar-refractivity contribution >= 4 is 28.5 Å². The summed E-state index contributed by atoms with van der Waals surface area (Å²) in [6.45, 7) is 0.342. The third-order valence-electron chi connectivity index (χ3n) is 7.12. The third kappa shape index (κ3) is 5.40. The van der Waals surface area contributed by atoms with Crippen molar-refractivity contribution in [2.24, 2.45) is 5.92 Å². The molecule has 1 N–H and O–H groups in total. The van der Waals surface area contributed by atoms with Crippen LogP contribution in [0.3, 0.4) is 0 Å². The molecule has 0 saturated heterocycles. The molecule has 1 aliphatic rings. The lowest BCUT2D eigenvalue weighted by Crippen LogP contribution is -2.39. The fourth-order valence-electron chi connectivity index (χ4n) is 5.16.